The number of hydrogen-bond acceptors (Lipinski definition) is 2. The average molecular weight is 441 g/mol. The summed E-state index contributed by atoms with van der Waals surface area (Å²) in [5.41, 5.74) is 0.971. The highest BCUT2D eigenvalue weighted by Crippen LogP contribution is 2.25. The minimum absolute atomic E-state index is 0.0548. The molecule has 1 saturated heterocycles. The summed E-state index contributed by atoms with van der Waals surface area (Å²) >= 11 is 12.0. The molecule has 1 fully saturated rings. The van der Waals surface area contributed by atoms with E-state index in [0.717, 1.165) is 11.6 Å². The highest BCUT2D eigenvalue weighted by molar-refractivity contribution is 6.35. The van der Waals surface area contributed by atoms with Gasteiger partial charge in [-0.1, -0.05) is 41.4 Å². The van der Waals surface area contributed by atoms with E-state index in [4.69, 9.17) is 23.2 Å². The molecule has 2 aromatic rings. The van der Waals surface area contributed by atoms with Crippen molar-refractivity contribution in [3.05, 3.63) is 69.2 Å². The van der Waals surface area contributed by atoms with Crippen molar-refractivity contribution in [2.24, 2.45) is 0 Å². The van der Waals surface area contributed by atoms with E-state index in [1.54, 1.807) is 12.1 Å². The summed E-state index contributed by atoms with van der Waals surface area (Å²) in [5, 5.41) is 3.90. The van der Waals surface area contributed by atoms with Gasteiger partial charge in [0.2, 0.25) is 11.8 Å². The molecule has 1 aliphatic heterocycles. The molecule has 0 aliphatic carbocycles. The van der Waals surface area contributed by atoms with Gasteiger partial charge >= 0.3 is 0 Å². The number of nitrogens with zero attached hydrogens (tertiary/aromatic N) is 1. The number of hydrogen-bond donors (Lipinski definition) is 1. The van der Waals surface area contributed by atoms with Crippen LogP contribution in [0.2, 0.25) is 10.0 Å². The fourth-order valence-electron chi connectivity index (χ4n) is 3.42. The molecular formula is C21H20Cl2F2N2O2. The normalized spacial score (nSPS) is 16.3. The molecule has 4 nitrogen and oxygen atoms in total. The Balaban J connectivity index is 1.54. The van der Waals surface area contributed by atoms with Crippen molar-refractivity contribution in [2.75, 3.05) is 6.54 Å². The van der Waals surface area contributed by atoms with Gasteiger partial charge < -0.3 is 10.2 Å². The Morgan fingerprint density at radius 3 is 2.72 bits per heavy atom. The van der Waals surface area contributed by atoms with Crippen molar-refractivity contribution in [3.8, 4) is 0 Å². The van der Waals surface area contributed by atoms with Crippen molar-refractivity contribution in [3.63, 3.8) is 0 Å². The van der Waals surface area contributed by atoms with E-state index >= 15 is 0 Å². The van der Waals surface area contributed by atoms with E-state index in [-0.39, 0.29) is 42.8 Å². The molecule has 0 aromatic heterocycles. The van der Waals surface area contributed by atoms with Gasteiger partial charge in [0.15, 0.2) is 11.6 Å². The smallest absolute Gasteiger partial charge is 0.223 e. The first-order chi connectivity index (χ1) is 13.8. The van der Waals surface area contributed by atoms with Crippen LogP contribution in [-0.2, 0) is 22.6 Å². The quantitative estimate of drug-likeness (QED) is 0.688. The van der Waals surface area contributed by atoms with Crippen molar-refractivity contribution >= 4 is 35.0 Å². The fraction of sp³-hybridized carbons (Fsp3) is 0.333. The standard InChI is InChI=1S/C21H20Cl2F2N2O2/c22-15-5-4-13(17(23)10-15)8-9-26-19(28)11-16-6-7-20(29)27(16)12-14-2-1-3-18(24)21(14)25/h1-5,10,16H,6-9,11-12H2,(H,26,28). The Hall–Kier alpha value is -2.18. The lowest BCUT2D eigenvalue weighted by molar-refractivity contribution is -0.130. The summed E-state index contributed by atoms with van der Waals surface area (Å²) in [6.45, 7) is 0.333. The second kappa shape index (κ2) is 9.55. The zero-order valence-corrected chi connectivity index (χ0v) is 17.1. The van der Waals surface area contributed by atoms with E-state index in [1.165, 1.54) is 17.0 Å². The number of carbonyl (C=O) groups excluding carboxylic acids is 2. The molecule has 1 atom stereocenters. The lowest BCUT2D eigenvalue weighted by atomic mass is 10.1. The van der Waals surface area contributed by atoms with Gasteiger partial charge in [-0.05, 0) is 36.6 Å². The molecular weight excluding hydrogens is 421 g/mol. The Bertz CT molecular complexity index is 924. The molecule has 8 heteroatoms. The third-order valence-corrected chi connectivity index (χ3v) is 5.56. The summed E-state index contributed by atoms with van der Waals surface area (Å²) in [6.07, 6.45) is 1.45. The first kappa shape index (κ1) is 21.5. The highest BCUT2D eigenvalue weighted by Gasteiger charge is 2.33. The molecule has 0 radical (unpaired) electrons. The van der Waals surface area contributed by atoms with Gasteiger partial charge in [-0.2, -0.15) is 0 Å². The lowest BCUT2D eigenvalue weighted by Gasteiger charge is -2.25. The number of likely N-dealkylation sites (tertiary alicyclic amines) is 1. The van der Waals surface area contributed by atoms with E-state index in [2.05, 4.69) is 5.32 Å². The molecule has 1 aliphatic rings. The minimum Gasteiger partial charge on any atom is -0.356 e. The predicted molar refractivity (Wildman–Crippen MR) is 108 cm³/mol. The molecule has 0 spiro atoms. The van der Waals surface area contributed by atoms with Crippen LogP contribution < -0.4 is 5.32 Å². The third kappa shape index (κ3) is 5.46. The number of benzene rings is 2. The first-order valence-electron chi connectivity index (χ1n) is 9.28. The van der Waals surface area contributed by atoms with Crippen LogP contribution >= 0.6 is 23.2 Å². The maximum absolute atomic E-state index is 13.9. The highest BCUT2D eigenvalue weighted by atomic mass is 35.5. The second-order valence-corrected chi connectivity index (χ2v) is 7.81. The number of carbonyl (C=O) groups is 2. The summed E-state index contributed by atoms with van der Waals surface area (Å²) in [6, 6.07) is 8.72. The van der Waals surface area contributed by atoms with Gasteiger partial charge in [0, 0.05) is 47.6 Å². The Labute approximate surface area is 177 Å². The Morgan fingerprint density at radius 2 is 1.97 bits per heavy atom. The maximum atomic E-state index is 13.9. The lowest BCUT2D eigenvalue weighted by Crippen LogP contribution is -2.37. The van der Waals surface area contributed by atoms with Gasteiger partial charge in [-0.15, -0.1) is 0 Å². The largest absolute Gasteiger partial charge is 0.356 e. The Kier molecular flexibility index (Phi) is 7.09. The monoisotopic (exact) mass is 440 g/mol. The van der Waals surface area contributed by atoms with Gasteiger partial charge in [-0.25, -0.2) is 8.78 Å². The zero-order chi connectivity index (χ0) is 21.0. The van der Waals surface area contributed by atoms with E-state index in [0.29, 0.717) is 29.4 Å². The molecule has 2 aromatic carbocycles. The summed E-state index contributed by atoms with van der Waals surface area (Å²) in [4.78, 5) is 26.0. The van der Waals surface area contributed by atoms with Crippen molar-refractivity contribution < 1.29 is 18.4 Å². The van der Waals surface area contributed by atoms with Crippen molar-refractivity contribution in [2.45, 2.75) is 38.3 Å². The molecule has 29 heavy (non-hydrogen) atoms. The second-order valence-electron chi connectivity index (χ2n) is 6.97. The Morgan fingerprint density at radius 1 is 1.17 bits per heavy atom. The summed E-state index contributed by atoms with van der Waals surface area (Å²) in [7, 11) is 0. The van der Waals surface area contributed by atoms with Crippen LogP contribution in [0.15, 0.2) is 36.4 Å². The molecule has 3 rings (SSSR count). The number of rotatable bonds is 7. The van der Waals surface area contributed by atoms with Crippen LogP contribution in [0.5, 0.6) is 0 Å². The SMILES string of the molecule is O=C(CC1CCC(=O)N1Cc1cccc(F)c1F)NCCc1ccc(Cl)cc1Cl. The molecule has 1 N–H and O–H groups in total. The predicted octanol–water partition coefficient (Wildman–Crippen LogP) is 4.51. The van der Waals surface area contributed by atoms with Crippen LogP contribution in [-0.4, -0.2) is 29.3 Å². The molecule has 154 valence electrons. The zero-order valence-electron chi connectivity index (χ0n) is 15.6. The van der Waals surface area contributed by atoms with Gasteiger partial charge in [0.25, 0.3) is 0 Å². The molecule has 2 amide bonds. The van der Waals surface area contributed by atoms with Gasteiger partial charge in [-0.3, -0.25) is 9.59 Å². The topological polar surface area (TPSA) is 49.4 Å². The number of amides is 2. The van der Waals surface area contributed by atoms with Crippen molar-refractivity contribution in [1.29, 1.82) is 0 Å². The van der Waals surface area contributed by atoms with Crippen molar-refractivity contribution in [1.82, 2.24) is 10.2 Å². The maximum Gasteiger partial charge on any atom is 0.223 e. The molecule has 0 saturated carbocycles. The molecule has 0 bridgehead atoms. The average Bonchev–Trinajstić information content (AvgIpc) is 3.00. The van der Waals surface area contributed by atoms with E-state index in [1.807, 2.05) is 6.07 Å². The molecule has 1 unspecified atom stereocenters. The van der Waals surface area contributed by atoms with Gasteiger partial charge in [0.05, 0.1) is 0 Å². The van der Waals surface area contributed by atoms with Crippen LogP contribution in [0.3, 0.4) is 0 Å². The van der Waals surface area contributed by atoms with E-state index in [9.17, 15) is 18.4 Å². The van der Waals surface area contributed by atoms with E-state index < -0.39 is 11.6 Å². The summed E-state index contributed by atoms with van der Waals surface area (Å²) in [5.74, 6) is -2.29. The van der Waals surface area contributed by atoms with Crippen LogP contribution in [0.1, 0.15) is 30.4 Å². The fourth-order valence-corrected chi connectivity index (χ4v) is 3.93. The third-order valence-electron chi connectivity index (χ3n) is 4.98. The van der Waals surface area contributed by atoms with Gasteiger partial charge in [0.1, 0.15) is 0 Å². The number of halogens is 4. The first-order valence-corrected chi connectivity index (χ1v) is 10.0. The summed E-state index contributed by atoms with van der Waals surface area (Å²) < 4.78 is 27.4. The minimum atomic E-state index is -0.963. The van der Waals surface area contributed by atoms with Crippen LogP contribution in [0, 0.1) is 11.6 Å². The van der Waals surface area contributed by atoms with Crippen LogP contribution in [0.25, 0.3) is 0 Å². The van der Waals surface area contributed by atoms with Crippen LogP contribution in [0.4, 0.5) is 8.78 Å². The molecule has 1 heterocycles. The number of nitrogens with one attached hydrogen (secondary N) is 1.